The second-order valence-corrected chi connectivity index (χ2v) is 2.21. The first-order chi connectivity index (χ1) is 5.34. The Morgan fingerprint density at radius 1 is 1.36 bits per heavy atom. The zero-order valence-electron chi connectivity index (χ0n) is 6.03. The largest absolute Gasteiger partial charge is 0.301 e. The van der Waals surface area contributed by atoms with E-state index < -0.39 is 6.17 Å². The lowest BCUT2D eigenvalue weighted by Crippen LogP contribution is -2.07. The Morgan fingerprint density at radius 2 is 2.00 bits per heavy atom. The lowest BCUT2D eigenvalue weighted by atomic mass is 10.1. The zero-order chi connectivity index (χ0) is 8.10. The maximum atomic E-state index is 12.9. The van der Waals surface area contributed by atoms with Crippen LogP contribution in [0, 0.1) is 0 Å². The third-order valence-corrected chi connectivity index (χ3v) is 1.40. The van der Waals surface area contributed by atoms with Crippen LogP contribution >= 0.6 is 0 Å². The van der Waals surface area contributed by atoms with Crippen LogP contribution in [0.1, 0.15) is 11.7 Å². The van der Waals surface area contributed by atoms with Crippen molar-refractivity contribution < 1.29 is 9.23 Å². The van der Waals surface area contributed by atoms with E-state index >= 15 is 0 Å². The van der Waals surface area contributed by atoms with Gasteiger partial charge in [-0.3, -0.25) is 0 Å². The molecule has 11 heavy (non-hydrogen) atoms. The van der Waals surface area contributed by atoms with Gasteiger partial charge >= 0.3 is 0 Å². The zero-order valence-corrected chi connectivity index (χ0v) is 6.03. The number of nitrogens with two attached hydrogens (primary N) is 1. The molecule has 0 aliphatic rings. The van der Waals surface area contributed by atoms with E-state index in [9.17, 15) is 4.39 Å². The average molecular weight is 155 g/mol. The molecular formula is C8H10FNO. The van der Waals surface area contributed by atoms with Gasteiger partial charge in [-0.25, -0.2) is 10.3 Å². The van der Waals surface area contributed by atoms with Crippen molar-refractivity contribution in [1.29, 1.82) is 0 Å². The molecule has 1 atom stereocenters. The van der Waals surface area contributed by atoms with Crippen molar-refractivity contribution in [2.75, 3.05) is 6.61 Å². The fourth-order valence-electron chi connectivity index (χ4n) is 0.843. The van der Waals surface area contributed by atoms with Gasteiger partial charge < -0.3 is 4.84 Å². The van der Waals surface area contributed by atoms with E-state index in [0.717, 1.165) is 0 Å². The Hall–Kier alpha value is -0.930. The number of hydrogen-bond acceptors (Lipinski definition) is 2. The van der Waals surface area contributed by atoms with Crippen molar-refractivity contribution in [3.8, 4) is 0 Å². The number of alkyl halides is 1. The van der Waals surface area contributed by atoms with E-state index in [2.05, 4.69) is 4.84 Å². The SMILES string of the molecule is NOCC(F)c1ccccc1. The summed E-state index contributed by atoms with van der Waals surface area (Å²) in [5, 5.41) is 0. The lowest BCUT2D eigenvalue weighted by molar-refractivity contribution is 0.0816. The molecule has 0 heterocycles. The van der Waals surface area contributed by atoms with Gasteiger partial charge in [0, 0.05) is 0 Å². The Bertz CT molecular complexity index is 203. The van der Waals surface area contributed by atoms with Crippen LogP contribution in [0.4, 0.5) is 4.39 Å². The monoisotopic (exact) mass is 155 g/mol. The first-order valence-corrected chi connectivity index (χ1v) is 3.35. The molecule has 2 nitrogen and oxygen atoms in total. The molecule has 0 bridgehead atoms. The number of rotatable bonds is 3. The first-order valence-electron chi connectivity index (χ1n) is 3.35. The van der Waals surface area contributed by atoms with Crippen LogP contribution in [-0.4, -0.2) is 6.61 Å². The smallest absolute Gasteiger partial charge is 0.150 e. The summed E-state index contributed by atoms with van der Waals surface area (Å²) in [6, 6.07) is 8.78. The van der Waals surface area contributed by atoms with Crippen molar-refractivity contribution in [2.24, 2.45) is 5.90 Å². The molecule has 0 radical (unpaired) electrons. The average Bonchev–Trinajstić information content (AvgIpc) is 2.07. The highest BCUT2D eigenvalue weighted by Gasteiger charge is 2.07. The van der Waals surface area contributed by atoms with E-state index in [4.69, 9.17) is 5.90 Å². The summed E-state index contributed by atoms with van der Waals surface area (Å²) in [6.07, 6.45) is -1.12. The Labute approximate surface area is 64.7 Å². The maximum absolute atomic E-state index is 12.9. The number of benzene rings is 1. The van der Waals surface area contributed by atoms with Crippen molar-refractivity contribution >= 4 is 0 Å². The third-order valence-electron chi connectivity index (χ3n) is 1.40. The molecule has 0 saturated carbocycles. The normalized spacial score (nSPS) is 12.9. The summed E-state index contributed by atoms with van der Waals surface area (Å²) in [5.74, 6) is 4.73. The summed E-state index contributed by atoms with van der Waals surface area (Å²) < 4.78 is 12.9. The minimum atomic E-state index is -1.12. The summed E-state index contributed by atoms with van der Waals surface area (Å²) in [4.78, 5) is 4.18. The standard InChI is InChI=1S/C8H10FNO/c9-8(6-11-10)7-4-2-1-3-5-7/h1-5,8H,6,10H2. The Balaban J connectivity index is 2.61. The van der Waals surface area contributed by atoms with Crippen molar-refractivity contribution in [3.05, 3.63) is 35.9 Å². The molecule has 60 valence electrons. The maximum Gasteiger partial charge on any atom is 0.150 e. The van der Waals surface area contributed by atoms with Crippen LogP contribution in [0.5, 0.6) is 0 Å². The molecule has 1 unspecified atom stereocenters. The second kappa shape index (κ2) is 4.05. The molecule has 0 aliphatic heterocycles. The van der Waals surface area contributed by atoms with E-state index in [1.165, 1.54) is 0 Å². The van der Waals surface area contributed by atoms with E-state index in [0.29, 0.717) is 5.56 Å². The molecule has 0 amide bonds. The van der Waals surface area contributed by atoms with Gasteiger partial charge in [0.1, 0.15) is 6.61 Å². The van der Waals surface area contributed by atoms with Gasteiger partial charge in [-0.05, 0) is 5.56 Å². The van der Waals surface area contributed by atoms with Crippen LogP contribution in [0.25, 0.3) is 0 Å². The van der Waals surface area contributed by atoms with Crippen LogP contribution in [0.3, 0.4) is 0 Å². The van der Waals surface area contributed by atoms with E-state index in [1.807, 2.05) is 6.07 Å². The first kappa shape index (κ1) is 8.17. The van der Waals surface area contributed by atoms with Crippen LogP contribution in [-0.2, 0) is 4.84 Å². The highest BCUT2D eigenvalue weighted by molar-refractivity contribution is 5.17. The minimum Gasteiger partial charge on any atom is -0.301 e. The second-order valence-electron chi connectivity index (χ2n) is 2.21. The summed E-state index contributed by atoms with van der Waals surface area (Å²) in [6.45, 7) is -0.0932. The van der Waals surface area contributed by atoms with Crippen molar-refractivity contribution in [1.82, 2.24) is 0 Å². The van der Waals surface area contributed by atoms with Gasteiger partial charge in [-0.2, -0.15) is 0 Å². The summed E-state index contributed by atoms with van der Waals surface area (Å²) >= 11 is 0. The molecule has 0 fully saturated rings. The minimum absolute atomic E-state index is 0.0932. The van der Waals surface area contributed by atoms with Crippen molar-refractivity contribution in [3.63, 3.8) is 0 Å². The van der Waals surface area contributed by atoms with Gasteiger partial charge in [0.25, 0.3) is 0 Å². The van der Waals surface area contributed by atoms with Crippen LogP contribution in [0.15, 0.2) is 30.3 Å². The van der Waals surface area contributed by atoms with Gasteiger partial charge in [0.2, 0.25) is 0 Å². The molecule has 0 aliphatic carbocycles. The van der Waals surface area contributed by atoms with E-state index in [-0.39, 0.29) is 6.61 Å². The lowest BCUT2D eigenvalue weighted by Gasteiger charge is -2.04. The summed E-state index contributed by atoms with van der Waals surface area (Å²) in [7, 11) is 0. The molecule has 1 aromatic rings. The van der Waals surface area contributed by atoms with Crippen LogP contribution in [0.2, 0.25) is 0 Å². The van der Waals surface area contributed by atoms with Gasteiger partial charge in [0.05, 0.1) is 0 Å². The van der Waals surface area contributed by atoms with Crippen molar-refractivity contribution in [2.45, 2.75) is 6.17 Å². The van der Waals surface area contributed by atoms with E-state index in [1.54, 1.807) is 24.3 Å². The van der Waals surface area contributed by atoms with Gasteiger partial charge in [-0.15, -0.1) is 0 Å². The molecule has 1 rings (SSSR count). The molecule has 1 aromatic carbocycles. The molecule has 0 aromatic heterocycles. The van der Waals surface area contributed by atoms with Crippen LogP contribution < -0.4 is 5.90 Å². The number of halogens is 1. The third kappa shape index (κ3) is 2.29. The Morgan fingerprint density at radius 3 is 2.55 bits per heavy atom. The predicted molar refractivity (Wildman–Crippen MR) is 40.4 cm³/mol. The molecule has 3 heteroatoms. The molecule has 0 spiro atoms. The van der Waals surface area contributed by atoms with Gasteiger partial charge in [-0.1, -0.05) is 30.3 Å². The molecule has 2 N–H and O–H groups in total. The fourth-order valence-corrected chi connectivity index (χ4v) is 0.843. The molecular weight excluding hydrogens is 145 g/mol. The highest BCUT2D eigenvalue weighted by Crippen LogP contribution is 2.15. The van der Waals surface area contributed by atoms with Gasteiger partial charge in [0.15, 0.2) is 6.17 Å². The predicted octanol–water partition coefficient (Wildman–Crippen LogP) is 1.59. The molecule has 0 saturated heterocycles. The summed E-state index contributed by atoms with van der Waals surface area (Å²) in [5.41, 5.74) is 0.595. The quantitative estimate of drug-likeness (QED) is 0.672. The highest BCUT2D eigenvalue weighted by atomic mass is 19.1. The fraction of sp³-hybridized carbons (Fsp3) is 0.250. The Kier molecular flexibility index (Phi) is 3.01. The topological polar surface area (TPSA) is 35.2 Å². The number of hydrogen-bond donors (Lipinski definition) is 1.